The van der Waals surface area contributed by atoms with Crippen molar-refractivity contribution in [2.75, 3.05) is 26.4 Å². The van der Waals surface area contributed by atoms with Crippen LogP contribution >= 0.6 is 0 Å². The molecule has 10 nitrogen and oxygen atoms in total. The van der Waals surface area contributed by atoms with E-state index in [0.29, 0.717) is 0 Å². The maximum absolute atomic E-state index is 5.74. The number of hydrogen-bond acceptors (Lipinski definition) is 8. The third-order valence-corrected chi connectivity index (χ3v) is 4.82. The van der Waals surface area contributed by atoms with Crippen LogP contribution in [0.5, 0.6) is 0 Å². The van der Waals surface area contributed by atoms with E-state index < -0.39 is 0 Å². The number of nitrogens with zero attached hydrogens (tertiary/aromatic N) is 8. The van der Waals surface area contributed by atoms with Crippen LogP contribution in [-0.2, 0) is 22.6 Å². The van der Waals surface area contributed by atoms with Gasteiger partial charge >= 0.3 is 0 Å². The van der Waals surface area contributed by atoms with Crippen molar-refractivity contribution in [3.8, 4) is 0 Å². The minimum absolute atomic E-state index is 0.153. The molecule has 10 heteroatoms. The van der Waals surface area contributed by atoms with Gasteiger partial charge in [0, 0.05) is 39.5 Å². The predicted octanol–water partition coefficient (Wildman–Crippen LogP) is 2.40. The van der Waals surface area contributed by atoms with Gasteiger partial charge in [0.15, 0.2) is 0 Å². The lowest BCUT2D eigenvalue weighted by molar-refractivity contribution is 0.0720. The molecule has 2 heterocycles. The second kappa shape index (κ2) is 11.9. The first kappa shape index (κ1) is 23.3. The van der Waals surface area contributed by atoms with Crippen LogP contribution in [0.1, 0.15) is 59.8 Å². The zero-order valence-electron chi connectivity index (χ0n) is 18.3. The van der Waals surface area contributed by atoms with Gasteiger partial charge in [-0.1, -0.05) is 27.7 Å². The van der Waals surface area contributed by atoms with Crippen molar-refractivity contribution in [2.45, 2.75) is 72.9 Å². The highest BCUT2D eigenvalue weighted by Gasteiger charge is 2.19. The smallest absolute Gasteiger partial charge is 0.138 e. The lowest BCUT2D eigenvalue weighted by atomic mass is 9.88. The first-order valence-corrected chi connectivity index (χ1v) is 10.4. The van der Waals surface area contributed by atoms with Crippen LogP contribution in [0.2, 0.25) is 0 Å². The van der Waals surface area contributed by atoms with Crippen LogP contribution in [0, 0.1) is 10.8 Å². The van der Waals surface area contributed by atoms with Crippen LogP contribution in [0.3, 0.4) is 0 Å². The van der Waals surface area contributed by atoms with Gasteiger partial charge in [0.25, 0.3) is 0 Å². The summed E-state index contributed by atoms with van der Waals surface area (Å²) in [7, 11) is 0. The molecule has 0 bridgehead atoms. The maximum Gasteiger partial charge on any atom is 0.138 e. The maximum atomic E-state index is 5.74. The quantitative estimate of drug-likeness (QED) is 0.390. The Balaban J connectivity index is 1.39. The molecule has 0 N–H and O–H groups in total. The second-order valence-corrected chi connectivity index (χ2v) is 9.13. The van der Waals surface area contributed by atoms with E-state index in [9.17, 15) is 0 Å². The number of hydrogen-bond donors (Lipinski definition) is 0. The van der Waals surface area contributed by atoms with Crippen LogP contribution in [0.25, 0.3) is 0 Å². The SMILES string of the molecule is CC(C)(CCCOCCCOCCCC(C)(C)Cn1cnnn1)Cn1cnnn1. The molecular formula is C19H36N8O2. The molecule has 2 aromatic rings. The van der Waals surface area contributed by atoms with Crippen molar-refractivity contribution < 1.29 is 9.47 Å². The van der Waals surface area contributed by atoms with E-state index in [0.717, 1.165) is 71.6 Å². The highest BCUT2D eigenvalue weighted by atomic mass is 16.5. The number of tetrazole rings is 2. The zero-order valence-corrected chi connectivity index (χ0v) is 18.3. The molecule has 2 rings (SSSR count). The molecule has 164 valence electrons. The van der Waals surface area contributed by atoms with Crippen LogP contribution in [0.4, 0.5) is 0 Å². The van der Waals surface area contributed by atoms with Gasteiger partial charge in [0.1, 0.15) is 12.7 Å². The van der Waals surface area contributed by atoms with Crippen molar-refractivity contribution >= 4 is 0 Å². The summed E-state index contributed by atoms with van der Waals surface area (Å²) in [5, 5.41) is 22.6. The fourth-order valence-corrected chi connectivity index (χ4v) is 3.31. The Morgan fingerprint density at radius 2 is 1.07 bits per heavy atom. The minimum Gasteiger partial charge on any atom is -0.381 e. The molecule has 0 spiro atoms. The normalized spacial score (nSPS) is 12.6. The van der Waals surface area contributed by atoms with Crippen molar-refractivity contribution in [1.29, 1.82) is 0 Å². The summed E-state index contributed by atoms with van der Waals surface area (Å²) in [5.41, 5.74) is 0.306. The van der Waals surface area contributed by atoms with E-state index >= 15 is 0 Å². The van der Waals surface area contributed by atoms with Crippen LogP contribution < -0.4 is 0 Å². The highest BCUT2D eigenvalue weighted by Crippen LogP contribution is 2.25. The Bertz CT molecular complexity index is 587. The lowest BCUT2D eigenvalue weighted by Crippen LogP contribution is -2.21. The summed E-state index contributed by atoms with van der Waals surface area (Å²) in [6, 6.07) is 0. The molecule has 0 atom stereocenters. The molecule has 0 aliphatic heterocycles. The summed E-state index contributed by atoms with van der Waals surface area (Å²) in [6.45, 7) is 13.6. The molecule has 0 unspecified atom stereocenters. The largest absolute Gasteiger partial charge is 0.381 e. The fourth-order valence-electron chi connectivity index (χ4n) is 3.31. The summed E-state index contributed by atoms with van der Waals surface area (Å²) < 4.78 is 15.0. The first-order chi connectivity index (χ1) is 13.9. The predicted molar refractivity (Wildman–Crippen MR) is 108 cm³/mol. The topological polar surface area (TPSA) is 106 Å². The van der Waals surface area contributed by atoms with Gasteiger partial charge in [-0.2, -0.15) is 0 Å². The first-order valence-electron chi connectivity index (χ1n) is 10.4. The zero-order chi connectivity index (χ0) is 21.0. The summed E-state index contributed by atoms with van der Waals surface area (Å²) in [4.78, 5) is 0. The second-order valence-electron chi connectivity index (χ2n) is 9.13. The monoisotopic (exact) mass is 408 g/mol. The molecule has 0 saturated carbocycles. The van der Waals surface area contributed by atoms with Crippen molar-refractivity contribution in [3.05, 3.63) is 12.7 Å². The molecule has 29 heavy (non-hydrogen) atoms. The van der Waals surface area contributed by atoms with Gasteiger partial charge in [-0.25, -0.2) is 9.36 Å². The third kappa shape index (κ3) is 10.4. The summed E-state index contributed by atoms with van der Waals surface area (Å²) in [5.74, 6) is 0. The van der Waals surface area contributed by atoms with Crippen molar-refractivity contribution in [3.63, 3.8) is 0 Å². The number of ether oxygens (including phenoxy) is 2. The van der Waals surface area contributed by atoms with E-state index in [2.05, 4.69) is 58.7 Å². The Kier molecular flexibility index (Phi) is 9.59. The van der Waals surface area contributed by atoms with Crippen molar-refractivity contribution in [1.82, 2.24) is 40.4 Å². The molecule has 0 fully saturated rings. The van der Waals surface area contributed by atoms with E-state index in [1.165, 1.54) is 0 Å². The summed E-state index contributed by atoms with van der Waals surface area (Å²) >= 11 is 0. The van der Waals surface area contributed by atoms with Gasteiger partial charge < -0.3 is 9.47 Å². The van der Waals surface area contributed by atoms with Gasteiger partial charge in [-0.3, -0.25) is 0 Å². The van der Waals surface area contributed by atoms with E-state index in [1.54, 1.807) is 22.0 Å². The van der Waals surface area contributed by atoms with Gasteiger partial charge in [-0.15, -0.1) is 10.2 Å². The third-order valence-electron chi connectivity index (χ3n) is 4.82. The average molecular weight is 409 g/mol. The highest BCUT2D eigenvalue weighted by molar-refractivity contribution is 4.69. The Labute approximate surface area is 173 Å². The fraction of sp³-hybridized carbons (Fsp3) is 0.895. The lowest BCUT2D eigenvalue weighted by Gasteiger charge is -2.23. The molecule has 2 aromatic heterocycles. The Morgan fingerprint density at radius 3 is 1.45 bits per heavy atom. The molecule has 0 aliphatic carbocycles. The van der Waals surface area contributed by atoms with Crippen LogP contribution in [-0.4, -0.2) is 66.8 Å². The molecular weight excluding hydrogens is 372 g/mol. The number of rotatable bonds is 16. The standard InChI is InChI=1S/C19H36N8O2/c1-18(2,14-26-16-20-22-24-26)8-5-10-28-12-7-13-29-11-6-9-19(3,4)15-27-17-21-23-25-27/h16-17H,5-15H2,1-4H3. The van der Waals surface area contributed by atoms with E-state index in [1.807, 2.05) is 0 Å². The molecule has 0 saturated heterocycles. The molecule has 0 radical (unpaired) electrons. The van der Waals surface area contributed by atoms with Gasteiger partial charge in [0.05, 0.1) is 0 Å². The molecule has 0 aromatic carbocycles. The molecule has 0 amide bonds. The number of aromatic nitrogens is 8. The van der Waals surface area contributed by atoms with Gasteiger partial charge in [-0.05, 0) is 63.8 Å². The Morgan fingerprint density at radius 1 is 0.655 bits per heavy atom. The van der Waals surface area contributed by atoms with Crippen LogP contribution in [0.15, 0.2) is 12.7 Å². The van der Waals surface area contributed by atoms with E-state index in [-0.39, 0.29) is 10.8 Å². The average Bonchev–Trinajstić information content (AvgIpc) is 3.33. The summed E-state index contributed by atoms with van der Waals surface area (Å²) in [6.07, 6.45) is 8.47. The minimum atomic E-state index is 0.153. The molecule has 0 aliphatic rings. The van der Waals surface area contributed by atoms with E-state index in [4.69, 9.17) is 9.47 Å². The van der Waals surface area contributed by atoms with Gasteiger partial charge in [0.2, 0.25) is 0 Å². The van der Waals surface area contributed by atoms with Crippen molar-refractivity contribution in [2.24, 2.45) is 10.8 Å². The Hall–Kier alpha value is -1.94.